The molecule has 1 heterocycles. The van der Waals surface area contributed by atoms with Crippen molar-refractivity contribution < 1.29 is 9.59 Å². The molecule has 0 saturated heterocycles. The smallest absolute Gasteiger partial charge is 0.243 e. The molecule has 3 rings (SSSR count). The molecule has 0 bridgehead atoms. The van der Waals surface area contributed by atoms with E-state index in [9.17, 15) is 9.59 Å². The van der Waals surface area contributed by atoms with Crippen LogP contribution in [-0.2, 0) is 9.59 Å². The number of rotatable bonds is 5. The Morgan fingerprint density at radius 2 is 1.92 bits per heavy atom. The number of aromatic nitrogens is 1. The van der Waals surface area contributed by atoms with E-state index in [1.807, 2.05) is 0 Å². The third-order valence-electron chi connectivity index (χ3n) is 3.87. The monoisotopic (exact) mass is 363 g/mol. The first-order valence-corrected chi connectivity index (χ1v) is 8.23. The Morgan fingerprint density at radius 1 is 1.17 bits per heavy atom. The number of nitrogens with zero attached hydrogens (tertiary/aromatic N) is 1. The van der Waals surface area contributed by atoms with Crippen LogP contribution < -0.4 is 10.6 Å². The number of nitrogens with one attached hydrogen (secondary N) is 2. The number of carbonyl (C=O) groups excluding carboxylic acids is 2. The summed E-state index contributed by atoms with van der Waals surface area (Å²) in [5.41, 5.74) is 1.39. The average Bonchev–Trinajstić information content (AvgIpc) is 3.34. The molecular formula is C17H15Cl2N3O2. The quantitative estimate of drug-likeness (QED) is 0.856. The fourth-order valence-electron chi connectivity index (χ4n) is 2.61. The van der Waals surface area contributed by atoms with Crippen LogP contribution in [-0.4, -0.2) is 23.3 Å². The van der Waals surface area contributed by atoms with Crippen LogP contribution in [0.4, 0.5) is 5.69 Å². The molecule has 1 aromatic heterocycles. The topological polar surface area (TPSA) is 71.1 Å². The van der Waals surface area contributed by atoms with Gasteiger partial charge in [0.15, 0.2) is 0 Å². The molecule has 0 aliphatic heterocycles. The van der Waals surface area contributed by atoms with Gasteiger partial charge in [-0.1, -0.05) is 29.3 Å². The first-order chi connectivity index (χ1) is 11.6. The summed E-state index contributed by atoms with van der Waals surface area (Å²) in [5, 5.41) is 6.44. The summed E-state index contributed by atoms with van der Waals surface area (Å²) in [6.45, 7) is -0.0901. The summed E-state index contributed by atoms with van der Waals surface area (Å²) in [4.78, 5) is 27.9. The van der Waals surface area contributed by atoms with E-state index in [-0.39, 0.29) is 30.2 Å². The summed E-state index contributed by atoms with van der Waals surface area (Å²) in [6, 6.07) is 8.74. The lowest BCUT2D eigenvalue weighted by atomic mass is 10.1. The number of pyridine rings is 1. The molecule has 1 saturated carbocycles. The SMILES string of the molecule is O=C(CNC(=O)[C@@H]1C[C@H]1c1c(Cl)cccc1Cl)Nc1cccnc1. The molecule has 0 spiro atoms. The summed E-state index contributed by atoms with van der Waals surface area (Å²) in [7, 11) is 0. The maximum atomic E-state index is 12.2. The number of amides is 2. The van der Waals surface area contributed by atoms with E-state index >= 15 is 0 Å². The minimum atomic E-state index is -0.302. The molecule has 2 N–H and O–H groups in total. The van der Waals surface area contributed by atoms with Crippen LogP contribution in [0.25, 0.3) is 0 Å². The van der Waals surface area contributed by atoms with Crippen molar-refractivity contribution in [2.45, 2.75) is 12.3 Å². The first kappa shape index (κ1) is 16.7. The van der Waals surface area contributed by atoms with Crippen LogP contribution in [0, 0.1) is 5.92 Å². The van der Waals surface area contributed by atoms with Gasteiger partial charge in [-0.05, 0) is 42.2 Å². The molecule has 2 atom stereocenters. The molecular weight excluding hydrogens is 349 g/mol. The predicted octanol–water partition coefficient (Wildman–Crippen LogP) is 3.25. The summed E-state index contributed by atoms with van der Waals surface area (Å²) in [5.74, 6) is -0.664. The molecule has 7 heteroatoms. The normalized spacial score (nSPS) is 18.8. The minimum Gasteiger partial charge on any atom is -0.347 e. The highest BCUT2D eigenvalue weighted by Gasteiger charge is 2.45. The van der Waals surface area contributed by atoms with Crippen LogP contribution in [0.15, 0.2) is 42.7 Å². The molecule has 24 heavy (non-hydrogen) atoms. The zero-order chi connectivity index (χ0) is 17.1. The van der Waals surface area contributed by atoms with E-state index in [1.165, 1.54) is 6.20 Å². The van der Waals surface area contributed by atoms with Gasteiger partial charge in [0.1, 0.15) is 0 Å². The van der Waals surface area contributed by atoms with E-state index in [4.69, 9.17) is 23.2 Å². The molecule has 1 aliphatic carbocycles. The van der Waals surface area contributed by atoms with Crippen molar-refractivity contribution in [1.82, 2.24) is 10.3 Å². The van der Waals surface area contributed by atoms with E-state index in [1.54, 1.807) is 36.5 Å². The van der Waals surface area contributed by atoms with Gasteiger partial charge in [0.05, 0.1) is 18.4 Å². The van der Waals surface area contributed by atoms with Gasteiger partial charge in [0.25, 0.3) is 0 Å². The standard InChI is InChI=1S/C17H15Cl2N3O2/c18-13-4-1-5-14(19)16(13)11-7-12(11)17(24)21-9-15(23)22-10-3-2-6-20-8-10/h1-6,8,11-12H,7,9H2,(H,21,24)(H,22,23)/t11-,12-/m1/s1. The molecule has 2 amide bonds. The van der Waals surface area contributed by atoms with Crippen molar-refractivity contribution in [2.75, 3.05) is 11.9 Å². The van der Waals surface area contributed by atoms with Crippen LogP contribution in [0.3, 0.4) is 0 Å². The van der Waals surface area contributed by atoms with E-state index < -0.39 is 0 Å². The summed E-state index contributed by atoms with van der Waals surface area (Å²) < 4.78 is 0. The Balaban J connectivity index is 1.51. The Labute approximate surface area is 149 Å². The highest BCUT2D eigenvalue weighted by atomic mass is 35.5. The van der Waals surface area contributed by atoms with Gasteiger partial charge in [0, 0.05) is 22.2 Å². The highest BCUT2D eigenvalue weighted by molar-refractivity contribution is 6.36. The Morgan fingerprint density at radius 3 is 2.58 bits per heavy atom. The Hall–Kier alpha value is -2.11. The third-order valence-corrected chi connectivity index (χ3v) is 4.53. The van der Waals surface area contributed by atoms with E-state index in [0.717, 1.165) is 5.56 Å². The number of benzene rings is 1. The summed E-state index contributed by atoms with van der Waals surface area (Å²) in [6.07, 6.45) is 3.83. The summed E-state index contributed by atoms with van der Waals surface area (Å²) >= 11 is 12.3. The van der Waals surface area contributed by atoms with E-state index in [2.05, 4.69) is 15.6 Å². The van der Waals surface area contributed by atoms with Crippen LogP contribution >= 0.6 is 23.2 Å². The van der Waals surface area contributed by atoms with Crippen molar-refractivity contribution in [3.63, 3.8) is 0 Å². The third kappa shape index (κ3) is 3.86. The lowest BCUT2D eigenvalue weighted by Gasteiger charge is -2.08. The lowest BCUT2D eigenvalue weighted by molar-refractivity contribution is -0.125. The second kappa shape index (κ2) is 7.20. The van der Waals surface area contributed by atoms with Crippen molar-refractivity contribution in [3.8, 4) is 0 Å². The van der Waals surface area contributed by atoms with Crippen LogP contribution in [0.5, 0.6) is 0 Å². The van der Waals surface area contributed by atoms with Gasteiger partial charge < -0.3 is 10.6 Å². The lowest BCUT2D eigenvalue weighted by Crippen LogP contribution is -2.34. The minimum absolute atomic E-state index is 0.00702. The zero-order valence-corrected chi connectivity index (χ0v) is 14.1. The first-order valence-electron chi connectivity index (χ1n) is 7.47. The van der Waals surface area contributed by atoms with Crippen molar-refractivity contribution in [3.05, 3.63) is 58.3 Å². The Bertz CT molecular complexity index is 747. The molecule has 5 nitrogen and oxygen atoms in total. The van der Waals surface area contributed by atoms with Crippen LogP contribution in [0.2, 0.25) is 10.0 Å². The number of halogens is 2. The van der Waals surface area contributed by atoms with Crippen molar-refractivity contribution >= 4 is 40.7 Å². The van der Waals surface area contributed by atoms with Gasteiger partial charge in [-0.15, -0.1) is 0 Å². The van der Waals surface area contributed by atoms with Gasteiger partial charge in [-0.25, -0.2) is 0 Å². The maximum Gasteiger partial charge on any atom is 0.243 e. The molecule has 124 valence electrons. The number of hydrogen-bond acceptors (Lipinski definition) is 3. The van der Waals surface area contributed by atoms with E-state index in [0.29, 0.717) is 22.2 Å². The molecule has 0 radical (unpaired) electrons. The highest BCUT2D eigenvalue weighted by Crippen LogP contribution is 2.51. The zero-order valence-electron chi connectivity index (χ0n) is 12.6. The fourth-order valence-corrected chi connectivity index (χ4v) is 3.29. The average molecular weight is 364 g/mol. The van der Waals surface area contributed by atoms with Crippen molar-refractivity contribution in [1.29, 1.82) is 0 Å². The molecule has 2 aromatic rings. The second-order valence-electron chi connectivity index (χ2n) is 5.59. The Kier molecular flexibility index (Phi) is 5.02. The molecule has 1 aliphatic rings. The predicted molar refractivity (Wildman–Crippen MR) is 93.2 cm³/mol. The van der Waals surface area contributed by atoms with Gasteiger partial charge in [0.2, 0.25) is 11.8 Å². The maximum absolute atomic E-state index is 12.2. The number of carbonyl (C=O) groups is 2. The second-order valence-corrected chi connectivity index (χ2v) is 6.41. The van der Waals surface area contributed by atoms with Gasteiger partial charge in [-0.3, -0.25) is 14.6 Å². The van der Waals surface area contributed by atoms with Gasteiger partial charge >= 0.3 is 0 Å². The number of hydrogen-bond donors (Lipinski definition) is 2. The molecule has 1 fully saturated rings. The molecule has 0 unspecified atom stereocenters. The molecule has 1 aromatic carbocycles. The number of anilines is 1. The fraction of sp³-hybridized carbons (Fsp3) is 0.235. The van der Waals surface area contributed by atoms with Crippen LogP contribution in [0.1, 0.15) is 17.9 Å². The van der Waals surface area contributed by atoms with Crippen molar-refractivity contribution in [2.24, 2.45) is 5.92 Å². The largest absolute Gasteiger partial charge is 0.347 e. The van der Waals surface area contributed by atoms with Gasteiger partial charge in [-0.2, -0.15) is 0 Å².